The molecule has 1 atom stereocenters. The summed E-state index contributed by atoms with van der Waals surface area (Å²) in [6.45, 7) is 0. The van der Waals surface area contributed by atoms with E-state index in [-0.39, 0.29) is 17.2 Å². The lowest BCUT2D eigenvalue weighted by Gasteiger charge is -2.31. The van der Waals surface area contributed by atoms with Crippen LogP contribution in [-0.4, -0.2) is 7.11 Å². The van der Waals surface area contributed by atoms with Crippen LogP contribution in [0.4, 0.5) is 8.78 Å². The predicted molar refractivity (Wildman–Crippen MR) is 57.2 cm³/mol. The Hall–Kier alpha value is -1.16. The first-order valence-corrected chi connectivity index (χ1v) is 5.42. The quantitative estimate of drug-likeness (QED) is 0.861. The first kappa shape index (κ1) is 11.3. The van der Waals surface area contributed by atoms with Crippen LogP contribution >= 0.6 is 0 Å². The summed E-state index contributed by atoms with van der Waals surface area (Å²) in [5, 5.41) is 0. The Balaban J connectivity index is 2.37. The minimum absolute atomic E-state index is 0.0379. The molecule has 0 spiro atoms. The van der Waals surface area contributed by atoms with Gasteiger partial charge in [-0.25, -0.2) is 8.78 Å². The fraction of sp³-hybridized carbons (Fsp3) is 0.500. The Morgan fingerprint density at radius 3 is 2.56 bits per heavy atom. The van der Waals surface area contributed by atoms with Crippen molar-refractivity contribution < 1.29 is 13.5 Å². The van der Waals surface area contributed by atoms with Crippen LogP contribution in [0.2, 0.25) is 0 Å². The van der Waals surface area contributed by atoms with Crippen LogP contribution in [0.25, 0.3) is 0 Å². The molecule has 0 bridgehead atoms. The molecule has 1 aliphatic carbocycles. The van der Waals surface area contributed by atoms with Crippen LogP contribution in [0.1, 0.15) is 30.9 Å². The largest absolute Gasteiger partial charge is 0.494 e. The number of rotatable bonds is 3. The number of ether oxygens (including phenoxy) is 1. The van der Waals surface area contributed by atoms with Crippen molar-refractivity contribution in [3.63, 3.8) is 0 Å². The molecule has 0 aliphatic heterocycles. The minimum Gasteiger partial charge on any atom is -0.494 e. The lowest BCUT2D eigenvalue weighted by Crippen LogP contribution is -2.28. The average molecular weight is 227 g/mol. The van der Waals surface area contributed by atoms with Gasteiger partial charge in [-0.3, -0.25) is 0 Å². The number of hydrogen-bond donors (Lipinski definition) is 1. The zero-order valence-corrected chi connectivity index (χ0v) is 9.17. The maximum Gasteiger partial charge on any atom is 0.172 e. The van der Waals surface area contributed by atoms with E-state index in [9.17, 15) is 8.78 Å². The number of nitrogens with two attached hydrogens (primary N) is 1. The molecule has 0 saturated heterocycles. The molecule has 2 N–H and O–H groups in total. The third-order valence-corrected chi connectivity index (χ3v) is 3.30. The topological polar surface area (TPSA) is 35.2 Å². The van der Waals surface area contributed by atoms with Gasteiger partial charge in [0, 0.05) is 11.6 Å². The molecule has 2 nitrogen and oxygen atoms in total. The Kier molecular flexibility index (Phi) is 3.10. The molecule has 0 heterocycles. The van der Waals surface area contributed by atoms with Gasteiger partial charge in [0.15, 0.2) is 11.6 Å². The van der Waals surface area contributed by atoms with Gasteiger partial charge in [-0.05, 0) is 30.9 Å². The summed E-state index contributed by atoms with van der Waals surface area (Å²) in [4.78, 5) is 0. The van der Waals surface area contributed by atoms with Crippen molar-refractivity contribution in [3.8, 4) is 5.75 Å². The second-order valence-electron chi connectivity index (χ2n) is 4.19. The van der Waals surface area contributed by atoms with E-state index in [1.807, 2.05) is 0 Å². The van der Waals surface area contributed by atoms with Gasteiger partial charge in [-0.2, -0.15) is 0 Å². The van der Waals surface area contributed by atoms with Crippen LogP contribution < -0.4 is 10.5 Å². The van der Waals surface area contributed by atoms with Crippen LogP contribution in [0, 0.1) is 17.6 Å². The van der Waals surface area contributed by atoms with E-state index < -0.39 is 17.7 Å². The van der Waals surface area contributed by atoms with E-state index in [1.165, 1.54) is 19.2 Å². The molecule has 1 fully saturated rings. The predicted octanol–water partition coefficient (Wildman–Crippen LogP) is 2.77. The average Bonchev–Trinajstić information content (AvgIpc) is 2.15. The summed E-state index contributed by atoms with van der Waals surface area (Å²) < 4.78 is 32.2. The molecule has 1 saturated carbocycles. The third kappa shape index (κ3) is 1.78. The second-order valence-corrected chi connectivity index (χ2v) is 4.19. The summed E-state index contributed by atoms with van der Waals surface area (Å²) in [5.41, 5.74) is 5.85. The summed E-state index contributed by atoms with van der Waals surface area (Å²) >= 11 is 0. The monoisotopic (exact) mass is 227 g/mol. The summed E-state index contributed by atoms with van der Waals surface area (Å²) in [6.07, 6.45) is 2.97. The molecule has 1 aromatic carbocycles. The zero-order valence-electron chi connectivity index (χ0n) is 9.17. The first-order chi connectivity index (χ1) is 7.65. The third-order valence-electron chi connectivity index (χ3n) is 3.30. The Labute approximate surface area is 93.4 Å². The Bertz CT molecular complexity index is 391. The van der Waals surface area contributed by atoms with Gasteiger partial charge in [-0.15, -0.1) is 0 Å². The van der Waals surface area contributed by atoms with Gasteiger partial charge in [-0.1, -0.05) is 6.42 Å². The van der Waals surface area contributed by atoms with E-state index in [2.05, 4.69) is 0 Å². The molecule has 88 valence electrons. The van der Waals surface area contributed by atoms with Crippen LogP contribution in [0.3, 0.4) is 0 Å². The number of halogens is 2. The van der Waals surface area contributed by atoms with Crippen LogP contribution in [-0.2, 0) is 0 Å². The second kappa shape index (κ2) is 4.37. The van der Waals surface area contributed by atoms with Crippen molar-refractivity contribution in [1.29, 1.82) is 0 Å². The number of hydrogen-bond acceptors (Lipinski definition) is 2. The lowest BCUT2D eigenvalue weighted by atomic mass is 9.77. The van der Waals surface area contributed by atoms with E-state index in [4.69, 9.17) is 10.5 Å². The molecule has 16 heavy (non-hydrogen) atoms. The summed E-state index contributed by atoms with van der Waals surface area (Å²) in [5.74, 6) is -1.01. The van der Waals surface area contributed by atoms with Gasteiger partial charge in [0.2, 0.25) is 0 Å². The van der Waals surface area contributed by atoms with Gasteiger partial charge in [0.05, 0.1) is 7.11 Å². The summed E-state index contributed by atoms with van der Waals surface area (Å²) in [6, 6.07) is 1.92. The van der Waals surface area contributed by atoms with E-state index in [1.54, 1.807) is 0 Å². The fourth-order valence-electron chi connectivity index (χ4n) is 2.05. The van der Waals surface area contributed by atoms with Crippen molar-refractivity contribution in [2.45, 2.75) is 25.3 Å². The lowest BCUT2D eigenvalue weighted by molar-refractivity contribution is 0.254. The normalized spacial score (nSPS) is 18.0. The van der Waals surface area contributed by atoms with Crippen molar-refractivity contribution in [3.05, 3.63) is 29.3 Å². The van der Waals surface area contributed by atoms with E-state index in [0.29, 0.717) is 0 Å². The molecule has 0 unspecified atom stereocenters. The summed E-state index contributed by atoms with van der Waals surface area (Å²) in [7, 11) is 1.36. The Morgan fingerprint density at radius 1 is 1.38 bits per heavy atom. The van der Waals surface area contributed by atoms with Gasteiger partial charge in [0.25, 0.3) is 0 Å². The van der Waals surface area contributed by atoms with Crippen molar-refractivity contribution >= 4 is 0 Å². The number of benzene rings is 1. The van der Waals surface area contributed by atoms with Crippen LogP contribution in [0.5, 0.6) is 5.75 Å². The first-order valence-electron chi connectivity index (χ1n) is 5.42. The Morgan fingerprint density at radius 2 is 2.06 bits per heavy atom. The fourth-order valence-corrected chi connectivity index (χ4v) is 2.05. The molecule has 4 heteroatoms. The van der Waals surface area contributed by atoms with Crippen LogP contribution in [0.15, 0.2) is 12.1 Å². The van der Waals surface area contributed by atoms with Crippen molar-refractivity contribution in [1.82, 2.24) is 0 Å². The molecule has 1 aliphatic rings. The molecule has 1 aromatic rings. The maximum atomic E-state index is 13.9. The van der Waals surface area contributed by atoms with Gasteiger partial charge in [0.1, 0.15) is 5.82 Å². The highest BCUT2D eigenvalue weighted by Crippen LogP contribution is 2.39. The van der Waals surface area contributed by atoms with Gasteiger partial charge >= 0.3 is 0 Å². The van der Waals surface area contributed by atoms with E-state index >= 15 is 0 Å². The molecule has 0 aromatic heterocycles. The van der Waals surface area contributed by atoms with Gasteiger partial charge < -0.3 is 10.5 Å². The maximum absolute atomic E-state index is 13.9. The highest BCUT2D eigenvalue weighted by atomic mass is 19.1. The SMILES string of the molecule is COc1ccc(F)c([C@H](N)C2CCC2)c1F. The standard InChI is InChI=1S/C12H15F2NO/c1-16-9-6-5-8(13)10(11(9)14)12(15)7-3-2-4-7/h5-7,12H,2-4,15H2,1H3/t12-/m1/s1. The minimum atomic E-state index is -0.665. The molecule has 0 radical (unpaired) electrons. The molecule has 2 rings (SSSR count). The molecular weight excluding hydrogens is 212 g/mol. The number of methoxy groups -OCH3 is 1. The smallest absolute Gasteiger partial charge is 0.172 e. The highest BCUT2D eigenvalue weighted by molar-refractivity contribution is 5.34. The van der Waals surface area contributed by atoms with E-state index in [0.717, 1.165) is 19.3 Å². The highest BCUT2D eigenvalue weighted by Gasteiger charge is 2.30. The zero-order chi connectivity index (χ0) is 11.7. The molecular formula is C12H15F2NO. The van der Waals surface area contributed by atoms with Crippen molar-refractivity contribution in [2.75, 3.05) is 7.11 Å². The van der Waals surface area contributed by atoms with Crippen molar-refractivity contribution in [2.24, 2.45) is 11.7 Å². The molecule has 0 amide bonds.